The number of esters is 1. The van der Waals surface area contributed by atoms with E-state index in [1.807, 2.05) is 14.0 Å². The lowest BCUT2D eigenvalue weighted by Crippen LogP contribution is -2.53. The Balaban J connectivity index is 1.99. The first kappa shape index (κ1) is 16.7. The zero-order valence-corrected chi connectivity index (χ0v) is 14.2. The Morgan fingerprint density at radius 1 is 1.38 bits per heavy atom. The number of nitrogens with one attached hydrogen (secondary N) is 1. The van der Waals surface area contributed by atoms with Gasteiger partial charge in [-0.2, -0.15) is 0 Å². The van der Waals surface area contributed by atoms with E-state index in [9.17, 15) is 4.79 Å². The van der Waals surface area contributed by atoms with Gasteiger partial charge in [0.15, 0.2) is 0 Å². The number of carbonyl (C=O) groups excluding carboxylic acids is 1. The molecule has 0 amide bonds. The summed E-state index contributed by atoms with van der Waals surface area (Å²) in [5, 5.41) is 3.15. The summed E-state index contributed by atoms with van der Waals surface area (Å²) >= 11 is 0. The van der Waals surface area contributed by atoms with E-state index < -0.39 is 5.54 Å². The average molecular weight is 297 g/mol. The van der Waals surface area contributed by atoms with Gasteiger partial charge in [0, 0.05) is 24.7 Å². The van der Waals surface area contributed by atoms with E-state index in [1.165, 1.54) is 26.4 Å². The van der Waals surface area contributed by atoms with Gasteiger partial charge in [-0.3, -0.25) is 14.6 Å². The molecule has 1 N–H and O–H groups in total. The molecule has 2 saturated heterocycles. The van der Waals surface area contributed by atoms with Crippen LogP contribution in [0.5, 0.6) is 0 Å². The van der Waals surface area contributed by atoms with Gasteiger partial charge in [0.1, 0.15) is 5.54 Å². The van der Waals surface area contributed by atoms with E-state index in [0.29, 0.717) is 12.1 Å². The minimum absolute atomic E-state index is 0.176. The van der Waals surface area contributed by atoms with Crippen molar-refractivity contribution < 1.29 is 9.53 Å². The molecule has 0 radical (unpaired) electrons. The molecule has 0 aromatic rings. The summed E-state index contributed by atoms with van der Waals surface area (Å²) in [5.74, 6) is -0.176. The van der Waals surface area contributed by atoms with Crippen molar-refractivity contribution in [2.45, 2.75) is 63.2 Å². The molecule has 4 unspecified atom stereocenters. The minimum Gasteiger partial charge on any atom is -0.468 e. The van der Waals surface area contributed by atoms with E-state index in [0.717, 1.165) is 25.6 Å². The lowest BCUT2D eigenvalue weighted by atomic mass is 9.92. The highest BCUT2D eigenvalue weighted by Gasteiger charge is 2.39. The van der Waals surface area contributed by atoms with Gasteiger partial charge in [0.05, 0.1) is 7.11 Å². The molecule has 2 fully saturated rings. The molecule has 0 saturated carbocycles. The van der Waals surface area contributed by atoms with Crippen molar-refractivity contribution in [3.05, 3.63) is 0 Å². The fraction of sp³-hybridized carbons (Fsp3) is 0.938. The number of ether oxygens (including phenoxy) is 1. The number of rotatable bonds is 5. The van der Waals surface area contributed by atoms with Crippen molar-refractivity contribution in [3.8, 4) is 0 Å². The maximum absolute atomic E-state index is 12.0. The number of hydrogen-bond acceptors (Lipinski definition) is 5. The van der Waals surface area contributed by atoms with E-state index in [-0.39, 0.29) is 5.97 Å². The standard InChI is InChI=1S/C16H31N3O2/c1-12(10-16(2,17-3)15(20)21-5)19-9-8-13-6-7-14(11-19)18(13)4/h12-14,17H,6-11H2,1-5H3. The zero-order chi connectivity index (χ0) is 15.6. The third-order valence-electron chi connectivity index (χ3n) is 5.69. The van der Waals surface area contributed by atoms with Crippen LogP contribution >= 0.6 is 0 Å². The lowest BCUT2D eigenvalue weighted by Gasteiger charge is -2.36. The molecule has 0 spiro atoms. The molecule has 2 aliphatic heterocycles. The van der Waals surface area contributed by atoms with Crippen LogP contribution in [-0.2, 0) is 9.53 Å². The minimum atomic E-state index is -0.606. The Bertz CT molecular complexity index is 377. The maximum Gasteiger partial charge on any atom is 0.325 e. The molecule has 4 atom stereocenters. The summed E-state index contributed by atoms with van der Waals surface area (Å²) in [7, 11) is 5.56. The Kier molecular flexibility index (Phi) is 5.28. The normalized spacial score (nSPS) is 31.5. The Labute approximate surface area is 129 Å². The van der Waals surface area contributed by atoms with Crippen molar-refractivity contribution in [1.29, 1.82) is 0 Å². The highest BCUT2D eigenvalue weighted by molar-refractivity contribution is 5.80. The molecule has 2 bridgehead atoms. The number of likely N-dealkylation sites (tertiary alicyclic amines) is 1. The molecular formula is C16H31N3O2. The van der Waals surface area contributed by atoms with Crippen LogP contribution in [0.4, 0.5) is 0 Å². The molecular weight excluding hydrogens is 266 g/mol. The van der Waals surface area contributed by atoms with Crippen molar-refractivity contribution in [3.63, 3.8) is 0 Å². The topological polar surface area (TPSA) is 44.8 Å². The van der Waals surface area contributed by atoms with Crippen LogP contribution in [-0.4, -0.2) is 73.7 Å². The summed E-state index contributed by atoms with van der Waals surface area (Å²) in [5.41, 5.74) is -0.606. The number of likely N-dealkylation sites (N-methyl/N-ethyl adjacent to an activating group) is 2. The summed E-state index contributed by atoms with van der Waals surface area (Å²) < 4.78 is 4.96. The smallest absolute Gasteiger partial charge is 0.325 e. The van der Waals surface area contributed by atoms with Crippen molar-refractivity contribution >= 4 is 5.97 Å². The monoisotopic (exact) mass is 297 g/mol. The van der Waals surface area contributed by atoms with Gasteiger partial charge < -0.3 is 10.1 Å². The molecule has 2 heterocycles. The first-order valence-corrected chi connectivity index (χ1v) is 8.14. The summed E-state index contributed by atoms with van der Waals surface area (Å²) in [6.45, 7) is 6.42. The predicted octanol–water partition coefficient (Wildman–Crippen LogP) is 1.08. The summed E-state index contributed by atoms with van der Waals surface area (Å²) in [6, 6.07) is 1.80. The third-order valence-corrected chi connectivity index (χ3v) is 5.69. The van der Waals surface area contributed by atoms with Crippen LogP contribution in [0, 0.1) is 0 Å². The SMILES string of the molecule is CNC(C)(CC(C)N1CCC2CCC(C1)N2C)C(=O)OC. The van der Waals surface area contributed by atoms with Crippen LogP contribution < -0.4 is 5.32 Å². The van der Waals surface area contributed by atoms with E-state index >= 15 is 0 Å². The molecule has 21 heavy (non-hydrogen) atoms. The number of nitrogens with zero attached hydrogens (tertiary/aromatic N) is 2. The second kappa shape index (κ2) is 6.63. The highest BCUT2D eigenvalue weighted by Crippen LogP contribution is 2.30. The van der Waals surface area contributed by atoms with Gasteiger partial charge in [0.25, 0.3) is 0 Å². The summed E-state index contributed by atoms with van der Waals surface area (Å²) in [6.07, 6.45) is 4.67. The van der Waals surface area contributed by atoms with Gasteiger partial charge in [0.2, 0.25) is 0 Å². The molecule has 5 heteroatoms. The van der Waals surface area contributed by atoms with Crippen molar-refractivity contribution in [2.24, 2.45) is 0 Å². The van der Waals surface area contributed by atoms with Gasteiger partial charge >= 0.3 is 5.97 Å². The molecule has 2 rings (SSSR count). The third kappa shape index (κ3) is 3.41. The Morgan fingerprint density at radius 3 is 2.67 bits per heavy atom. The number of methoxy groups -OCH3 is 1. The van der Waals surface area contributed by atoms with Gasteiger partial charge in [-0.05, 0) is 60.2 Å². The van der Waals surface area contributed by atoms with Crippen molar-refractivity contribution in [1.82, 2.24) is 15.1 Å². The first-order valence-electron chi connectivity index (χ1n) is 8.14. The average Bonchev–Trinajstić information content (AvgIpc) is 2.70. The van der Waals surface area contributed by atoms with Crippen LogP contribution in [0.1, 0.15) is 39.5 Å². The number of hydrogen-bond donors (Lipinski definition) is 1. The zero-order valence-electron chi connectivity index (χ0n) is 14.2. The molecule has 2 aliphatic rings. The predicted molar refractivity (Wildman–Crippen MR) is 84.3 cm³/mol. The molecule has 0 aromatic carbocycles. The molecule has 5 nitrogen and oxygen atoms in total. The van der Waals surface area contributed by atoms with Crippen LogP contribution in [0.15, 0.2) is 0 Å². The van der Waals surface area contributed by atoms with Gasteiger partial charge in [-0.15, -0.1) is 0 Å². The van der Waals surface area contributed by atoms with E-state index in [4.69, 9.17) is 4.74 Å². The van der Waals surface area contributed by atoms with Crippen LogP contribution in [0.2, 0.25) is 0 Å². The van der Waals surface area contributed by atoms with E-state index in [2.05, 4.69) is 29.1 Å². The van der Waals surface area contributed by atoms with E-state index in [1.54, 1.807) is 0 Å². The maximum atomic E-state index is 12.0. The lowest BCUT2D eigenvalue weighted by molar-refractivity contribution is -0.148. The van der Waals surface area contributed by atoms with Crippen LogP contribution in [0.3, 0.4) is 0 Å². The Morgan fingerprint density at radius 2 is 2.05 bits per heavy atom. The van der Waals surface area contributed by atoms with Gasteiger partial charge in [-0.1, -0.05) is 0 Å². The molecule has 122 valence electrons. The van der Waals surface area contributed by atoms with Crippen LogP contribution in [0.25, 0.3) is 0 Å². The Hall–Kier alpha value is -0.650. The quantitative estimate of drug-likeness (QED) is 0.770. The second-order valence-electron chi connectivity index (χ2n) is 6.96. The highest BCUT2D eigenvalue weighted by atomic mass is 16.5. The van der Waals surface area contributed by atoms with Crippen molar-refractivity contribution in [2.75, 3.05) is 34.3 Å². The number of carbonyl (C=O) groups is 1. The first-order chi connectivity index (χ1) is 9.91. The molecule has 0 aromatic heterocycles. The van der Waals surface area contributed by atoms with Gasteiger partial charge in [-0.25, -0.2) is 0 Å². The fourth-order valence-electron chi connectivity index (χ4n) is 3.97. The summed E-state index contributed by atoms with van der Waals surface area (Å²) in [4.78, 5) is 17.1. The molecule has 0 aliphatic carbocycles. The fourth-order valence-corrected chi connectivity index (χ4v) is 3.97. The number of fused-ring (bicyclic) bond motifs is 2. The largest absolute Gasteiger partial charge is 0.468 e. The second-order valence-corrected chi connectivity index (χ2v) is 6.96.